The first-order valence-electron chi connectivity index (χ1n) is 11.5. The molecule has 0 fully saturated rings. The molecular formula is C31H36. The maximum Gasteiger partial charge on any atom is 0.0433 e. The van der Waals surface area contributed by atoms with Crippen LogP contribution in [0.1, 0.15) is 52.7 Å². The van der Waals surface area contributed by atoms with Crippen LogP contribution in [-0.4, -0.2) is 0 Å². The smallest absolute Gasteiger partial charge is 0.0433 e. The van der Waals surface area contributed by atoms with Crippen LogP contribution in [0.4, 0.5) is 0 Å². The average Bonchev–Trinajstić information content (AvgIpc) is 3.41. The van der Waals surface area contributed by atoms with E-state index >= 15 is 0 Å². The van der Waals surface area contributed by atoms with Crippen molar-refractivity contribution in [3.8, 4) is 0 Å². The fourth-order valence-electron chi connectivity index (χ4n) is 6.33. The maximum atomic E-state index is 2.52. The van der Waals surface area contributed by atoms with Gasteiger partial charge in [-0.2, -0.15) is 0 Å². The van der Waals surface area contributed by atoms with Crippen molar-refractivity contribution >= 4 is 0 Å². The molecule has 160 valence electrons. The maximum absolute atomic E-state index is 2.52. The Morgan fingerprint density at radius 2 is 1.13 bits per heavy atom. The van der Waals surface area contributed by atoms with Gasteiger partial charge in [-0.05, 0) is 22.0 Å². The molecule has 0 spiro atoms. The molecular weight excluding hydrogens is 372 g/mol. The van der Waals surface area contributed by atoms with Gasteiger partial charge in [-0.15, -0.1) is 0 Å². The third kappa shape index (κ3) is 3.11. The van der Waals surface area contributed by atoms with Gasteiger partial charge in [0.05, 0.1) is 0 Å². The molecule has 2 aliphatic rings. The van der Waals surface area contributed by atoms with Crippen molar-refractivity contribution in [1.29, 1.82) is 0 Å². The molecule has 0 bridgehead atoms. The Bertz CT molecular complexity index is 981. The molecule has 0 saturated heterocycles. The first kappa shape index (κ1) is 21.6. The van der Waals surface area contributed by atoms with E-state index in [-0.39, 0.29) is 27.6 Å². The summed E-state index contributed by atoms with van der Waals surface area (Å²) in [5.74, 6) is 0.255. The van der Waals surface area contributed by atoms with Gasteiger partial charge in [-0.25, -0.2) is 0 Å². The van der Waals surface area contributed by atoms with E-state index in [1.807, 2.05) is 0 Å². The second-order valence-electron chi connectivity index (χ2n) is 11.1. The number of hydrogen-bond acceptors (Lipinski definition) is 0. The Morgan fingerprint density at radius 1 is 0.645 bits per heavy atom. The van der Waals surface area contributed by atoms with Crippen LogP contribution in [0.25, 0.3) is 0 Å². The Kier molecular flexibility index (Phi) is 5.24. The van der Waals surface area contributed by atoms with Crippen molar-refractivity contribution in [1.82, 2.24) is 0 Å². The second kappa shape index (κ2) is 7.52. The minimum Gasteiger partial charge on any atom is -0.0763 e. The van der Waals surface area contributed by atoms with Crippen molar-refractivity contribution in [2.24, 2.45) is 22.2 Å². The lowest BCUT2D eigenvalue weighted by Crippen LogP contribution is -2.58. The van der Waals surface area contributed by atoms with Crippen molar-refractivity contribution in [2.75, 3.05) is 0 Å². The first-order valence-corrected chi connectivity index (χ1v) is 11.5. The summed E-state index contributed by atoms with van der Waals surface area (Å²) >= 11 is 0. The van der Waals surface area contributed by atoms with Crippen molar-refractivity contribution in [3.63, 3.8) is 0 Å². The Labute approximate surface area is 189 Å². The SMILES string of the molecule is CC(C)(C)C1=CC=CC1(C(C)(C)C)C(c1ccccc1)(c1ccccc1)C1C=CC=C1. The van der Waals surface area contributed by atoms with Crippen LogP contribution in [0.15, 0.2) is 109 Å². The third-order valence-electron chi connectivity index (χ3n) is 7.35. The third-order valence-corrected chi connectivity index (χ3v) is 7.35. The van der Waals surface area contributed by atoms with Gasteiger partial charge in [0.1, 0.15) is 0 Å². The van der Waals surface area contributed by atoms with Gasteiger partial charge in [-0.3, -0.25) is 0 Å². The summed E-state index contributed by atoms with van der Waals surface area (Å²) in [6.45, 7) is 14.4. The fourth-order valence-corrected chi connectivity index (χ4v) is 6.33. The standard InChI is InChI=1S/C31H36/c1-28(2,3)27-22-15-23-30(27,29(4,5)6)31(26-20-13-14-21-26,24-16-9-7-10-17-24)25-18-11-8-12-19-25/h7-23,26H,1-6H3. The Morgan fingerprint density at radius 3 is 1.55 bits per heavy atom. The van der Waals surface area contributed by atoms with Crippen LogP contribution < -0.4 is 0 Å². The number of allylic oxidation sites excluding steroid dienone is 8. The molecule has 0 radical (unpaired) electrons. The number of benzene rings is 2. The van der Waals surface area contributed by atoms with Crippen LogP contribution in [0.5, 0.6) is 0 Å². The summed E-state index contributed by atoms with van der Waals surface area (Å²) in [6.07, 6.45) is 16.5. The summed E-state index contributed by atoms with van der Waals surface area (Å²) in [5, 5.41) is 0. The normalized spacial score (nSPS) is 21.7. The van der Waals surface area contributed by atoms with Gasteiger partial charge < -0.3 is 0 Å². The molecule has 0 heterocycles. The highest BCUT2D eigenvalue weighted by Crippen LogP contribution is 2.68. The first-order chi connectivity index (χ1) is 14.7. The van der Waals surface area contributed by atoms with E-state index in [0.29, 0.717) is 0 Å². The zero-order valence-electron chi connectivity index (χ0n) is 19.9. The molecule has 2 aromatic rings. The minimum atomic E-state index is -0.274. The highest BCUT2D eigenvalue weighted by molar-refractivity contribution is 5.57. The molecule has 0 nitrogen and oxygen atoms in total. The molecule has 0 N–H and O–H groups in total. The molecule has 31 heavy (non-hydrogen) atoms. The topological polar surface area (TPSA) is 0 Å². The van der Waals surface area contributed by atoms with Gasteiger partial charge in [-0.1, -0.05) is 150 Å². The molecule has 2 aromatic carbocycles. The van der Waals surface area contributed by atoms with Gasteiger partial charge in [0, 0.05) is 16.7 Å². The lowest BCUT2D eigenvalue weighted by molar-refractivity contribution is 0.0667. The van der Waals surface area contributed by atoms with Crippen LogP contribution in [0.3, 0.4) is 0 Å². The van der Waals surface area contributed by atoms with E-state index < -0.39 is 0 Å². The average molecular weight is 409 g/mol. The molecule has 1 unspecified atom stereocenters. The number of hydrogen-bond donors (Lipinski definition) is 0. The van der Waals surface area contributed by atoms with Gasteiger partial charge >= 0.3 is 0 Å². The zero-order chi connectivity index (χ0) is 22.3. The highest BCUT2D eigenvalue weighted by Gasteiger charge is 2.64. The number of rotatable bonds is 4. The zero-order valence-corrected chi connectivity index (χ0v) is 19.9. The van der Waals surface area contributed by atoms with E-state index in [4.69, 9.17) is 0 Å². The largest absolute Gasteiger partial charge is 0.0763 e. The monoisotopic (exact) mass is 408 g/mol. The van der Waals surface area contributed by atoms with E-state index in [9.17, 15) is 0 Å². The molecule has 0 saturated carbocycles. The lowest BCUT2D eigenvalue weighted by Gasteiger charge is -2.61. The summed E-state index contributed by atoms with van der Waals surface area (Å²) in [6, 6.07) is 22.4. The summed E-state index contributed by atoms with van der Waals surface area (Å²) in [5.41, 5.74) is 3.80. The molecule has 0 aliphatic heterocycles. The quantitative estimate of drug-likeness (QED) is 0.477. The van der Waals surface area contributed by atoms with Crippen molar-refractivity contribution in [3.05, 3.63) is 120 Å². The van der Waals surface area contributed by atoms with Gasteiger partial charge in [0.2, 0.25) is 0 Å². The van der Waals surface area contributed by atoms with Crippen molar-refractivity contribution < 1.29 is 0 Å². The van der Waals surface area contributed by atoms with Crippen molar-refractivity contribution in [2.45, 2.75) is 47.0 Å². The van der Waals surface area contributed by atoms with E-state index in [2.05, 4.69) is 145 Å². The summed E-state index contributed by atoms with van der Waals surface area (Å²) in [4.78, 5) is 0. The summed E-state index contributed by atoms with van der Waals surface area (Å²) < 4.78 is 0. The molecule has 2 aliphatic carbocycles. The van der Waals surface area contributed by atoms with E-state index in [1.54, 1.807) is 0 Å². The predicted octanol–water partition coefficient (Wildman–Crippen LogP) is 8.29. The molecule has 0 heteroatoms. The second-order valence-corrected chi connectivity index (χ2v) is 11.1. The Balaban J connectivity index is 2.22. The fraction of sp³-hybridized carbons (Fsp3) is 0.355. The van der Waals surface area contributed by atoms with Crippen LogP contribution in [-0.2, 0) is 5.41 Å². The molecule has 0 amide bonds. The predicted molar refractivity (Wildman–Crippen MR) is 134 cm³/mol. The molecule has 4 rings (SSSR count). The minimum absolute atomic E-state index is 0.0188. The van der Waals surface area contributed by atoms with Crippen LogP contribution in [0, 0.1) is 22.2 Å². The lowest BCUT2D eigenvalue weighted by atomic mass is 9.41. The van der Waals surface area contributed by atoms with Gasteiger partial charge in [0.15, 0.2) is 0 Å². The Hall–Kier alpha value is -2.60. The highest BCUT2D eigenvalue weighted by atomic mass is 14.7. The molecule has 0 aromatic heterocycles. The summed E-state index contributed by atoms with van der Waals surface area (Å²) in [7, 11) is 0. The van der Waals surface area contributed by atoms with E-state index in [1.165, 1.54) is 16.7 Å². The van der Waals surface area contributed by atoms with E-state index in [0.717, 1.165) is 0 Å². The van der Waals surface area contributed by atoms with Crippen LogP contribution in [0.2, 0.25) is 0 Å². The molecule has 1 atom stereocenters. The van der Waals surface area contributed by atoms with Gasteiger partial charge in [0.25, 0.3) is 0 Å². The van der Waals surface area contributed by atoms with Crippen LogP contribution >= 0.6 is 0 Å².